The van der Waals surface area contributed by atoms with E-state index in [1.165, 1.54) is 0 Å². The van der Waals surface area contributed by atoms with E-state index in [4.69, 9.17) is 18.9 Å². The van der Waals surface area contributed by atoms with Crippen molar-refractivity contribution in [1.82, 2.24) is 0 Å². The van der Waals surface area contributed by atoms with E-state index in [-0.39, 0.29) is 19.1 Å². The summed E-state index contributed by atoms with van der Waals surface area (Å²) in [5, 5.41) is 10.6. The number of aliphatic hydroxyl groups is 1. The van der Waals surface area contributed by atoms with Crippen molar-refractivity contribution in [2.45, 2.75) is 63.5 Å². The first-order chi connectivity index (χ1) is 11.3. The summed E-state index contributed by atoms with van der Waals surface area (Å²) in [6.07, 6.45) is -1.50. The lowest BCUT2D eigenvalue weighted by molar-refractivity contribution is -0.208. The standard InChI is InChI=1S/C18H24O6/c1-17(2,3)24-13(19)9-18(20)11-22-16(14-15(18)23-14)21-10-12-7-5-4-6-8-12/h4-8,14-16,20H,9-11H2,1-3H3/t14-,15+,16-,18+/m0/s1. The second-order valence-corrected chi connectivity index (χ2v) is 7.36. The lowest BCUT2D eigenvalue weighted by Gasteiger charge is -2.32. The molecular formula is C18H24O6. The third kappa shape index (κ3) is 4.13. The third-order valence-electron chi connectivity index (χ3n) is 3.95. The molecule has 0 radical (unpaired) electrons. The van der Waals surface area contributed by atoms with Crippen molar-refractivity contribution >= 4 is 5.97 Å². The van der Waals surface area contributed by atoms with E-state index < -0.39 is 29.6 Å². The van der Waals surface area contributed by atoms with Gasteiger partial charge in [0.15, 0.2) is 6.29 Å². The Hall–Kier alpha value is -1.47. The Morgan fingerprint density at radius 3 is 2.71 bits per heavy atom. The van der Waals surface area contributed by atoms with Crippen molar-refractivity contribution < 1.29 is 28.8 Å². The normalized spacial score (nSPS) is 32.1. The zero-order valence-electron chi connectivity index (χ0n) is 14.2. The molecule has 2 aliphatic rings. The molecule has 0 bridgehead atoms. The summed E-state index contributed by atoms with van der Waals surface area (Å²) in [5.74, 6) is -0.466. The first kappa shape index (κ1) is 17.4. The maximum atomic E-state index is 12.0. The van der Waals surface area contributed by atoms with Gasteiger partial charge in [-0.2, -0.15) is 0 Å². The Morgan fingerprint density at radius 1 is 1.33 bits per heavy atom. The Bertz CT molecular complexity index is 581. The number of benzene rings is 1. The van der Waals surface area contributed by atoms with E-state index in [9.17, 15) is 9.90 Å². The van der Waals surface area contributed by atoms with Crippen LogP contribution < -0.4 is 0 Å². The number of esters is 1. The van der Waals surface area contributed by atoms with Gasteiger partial charge in [0.1, 0.15) is 23.4 Å². The number of ether oxygens (including phenoxy) is 4. The molecule has 1 aromatic rings. The van der Waals surface area contributed by atoms with Gasteiger partial charge in [-0.1, -0.05) is 30.3 Å². The Labute approximate surface area is 141 Å². The highest BCUT2D eigenvalue weighted by atomic mass is 16.7. The van der Waals surface area contributed by atoms with Crippen LogP contribution in [0.4, 0.5) is 0 Å². The fourth-order valence-electron chi connectivity index (χ4n) is 2.84. The van der Waals surface area contributed by atoms with E-state index >= 15 is 0 Å². The van der Waals surface area contributed by atoms with Crippen LogP contribution in [-0.4, -0.2) is 47.4 Å². The minimum absolute atomic E-state index is 0.0210. The molecular weight excluding hydrogens is 312 g/mol. The molecule has 132 valence electrons. The lowest BCUT2D eigenvalue weighted by atomic mass is 9.92. The molecule has 0 aliphatic carbocycles. The van der Waals surface area contributed by atoms with Crippen LogP contribution in [0.15, 0.2) is 30.3 Å². The van der Waals surface area contributed by atoms with Crippen LogP contribution >= 0.6 is 0 Å². The Balaban J connectivity index is 1.51. The molecule has 4 atom stereocenters. The predicted molar refractivity (Wildman–Crippen MR) is 85.0 cm³/mol. The number of hydrogen-bond acceptors (Lipinski definition) is 6. The molecule has 2 aliphatic heterocycles. The average Bonchev–Trinajstić information content (AvgIpc) is 3.27. The second kappa shape index (κ2) is 6.44. The zero-order chi connectivity index (χ0) is 17.4. The van der Waals surface area contributed by atoms with Gasteiger partial charge in [-0.25, -0.2) is 0 Å². The molecule has 3 rings (SSSR count). The van der Waals surface area contributed by atoms with Gasteiger partial charge >= 0.3 is 5.97 Å². The molecule has 6 nitrogen and oxygen atoms in total. The molecule has 24 heavy (non-hydrogen) atoms. The highest BCUT2D eigenvalue weighted by molar-refractivity contribution is 5.71. The summed E-state index contributed by atoms with van der Waals surface area (Å²) < 4.78 is 22.1. The van der Waals surface area contributed by atoms with Crippen LogP contribution in [0.5, 0.6) is 0 Å². The first-order valence-corrected chi connectivity index (χ1v) is 8.14. The van der Waals surface area contributed by atoms with E-state index in [0.717, 1.165) is 5.56 Å². The number of epoxide rings is 1. The van der Waals surface area contributed by atoms with Gasteiger partial charge in [-0.3, -0.25) is 4.79 Å². The Kier molecular flexibility index (Phi) is 4.66. The number of fused-ring (bicyclic) bond motifs is 1. The quantitative estimate of drug-likeness (QED) is 0.652. The van der Waals surface area contributed by atoms with Crippen molar-refractivity contribution in [2.24, 2.45) is 0 Å². The average molecular weight is 336 g/mol. The number of hydrogen-bond donors (Lipinski definition) is 1. The highest BCUT2D eigenvalue weighted by Gasteiger charge is 2.63. The van der Waals surface area contributed by atoms with Gasteiger partial charge in [0, 0.05) is 0 Å². The fraction of sp³-hybridized carbons (Fsp3) is 0.611. The van der Waals surface area contributed by atoms with E-state index in [1.807, 2.05) is 30.3 Å². The number of rotatable bonds is 5. The minimum Gasteiger partial charge on any atom is -0.460 e. The summed E-state index contributed by atoms with van der Waals surface area (Å²) in [5.41, 5.74) is -0.916. The van der Waals surface area contributed by atoms with Gasteiger partial charge in [-0.15, -0.1) is 0 Å². The third-order valence-corrected chi connectivity index (χ3v) is 3.95. The van der Waals surface area contributed by atoms with E-state index in [0.29, 0.717) is 6.61 Å². The van der Waals surface area contributed by atoms with Crippen molar-refractivity contribution in [3.63, 3.8) is 0 Å². The van der Waals surface area contributed by atoms with Crippen molar-refractivity contribution in [1.29, 1.82) is 0 Å². The van der Waals surface area contributed by atoms with Gasteiger partial charge in [0.25, 0.3) is 0 Å². The summed E-state index contributed by atoms with van der Waals surface area (Å²) in [6.45, 7) is 5.75. The molecule has 1 aromatic carbocycles. The van der Waals surface area contributed by atoms with Gasteiger partial charge < -0.3 is 24.1 Å². The summed E-state index contributed by atoms with van der Waals surface area (Å²) in [7, 11) is 0. The topological polar surface area (TPSA) is 77.5 Å². The van der Waals surface area contributed by atoms with Crippen LogP contribution in [0.2, 0.25) is 0 Å². The monoisotopic (exact) mass is 336 g/mol. The molecule has 0 unspecified atom stereocenters. The van der Waals surface area contributed by atoms with Crippen LogP contribution in [0, 0.1) is 0 Å². The smallest absolute Gasteiger partial charge is 0.309 e. The molecule has 2 fully saturated rings. The van der Waals surface area contributed by atoms with Gasteiger partial charge in [-0.05, 0) is 26.3 Å². The highest BCUT2D eigenvalue weighted by Crippen LogP contribution is 2.43. The van der Waals surface area contributed by atoms with Crippen LogP contribution in [0.1, 0.15) is 32.8 Å². The molecule has 0 spiro atoms. The molecule has 2 saturated heterocycles. The molecule has 2 heterocycles. The van der Waals surface area contributed by atoms with Crippen molar-refractivity contribution in [3.05, 3.63) is 35.9 Å². The van der Waals surface area contributed by atoms with Crippen LogP contribution in [-0.2, 0) is 30.3 Å². The molecule has 0 saturated carbocycles. The first-order valence-electron chi connectivity index (χ1n) is 8.14. The largest absolute Gasteiger partial charge is 0.460 e. The van der Waals surface area contributed by atoms with Crippen molar-refractivity contribution in [3.8, 4) is 0 Å². The number of carbonyl (C=O) groups excluding carboxylic acids is 1. The van der Waals surface area contributed by atoms with E-state index in [2.05, 4.69) is 0 Å². The summed E-state index contributed by atoms with van der Waals surface area (Å²) in [6, 6.07) is 9.75. The SMILES string of the molecule is CC(C)(C)OC(=O)C[C@@]1(O)CO[C@H](OCc2ccccc2)[C@H]2O[C@H]21. The zero-order valence-corrected chi connectivity index (χ0v) is 14.2. The van der Waals surface area contributed by atoms with Gasteiger partial charge in [0.05, 0.1) is 19.6 Å². The van der Waals surface area contributed by atoms with Crippen LogP contribution in [0.25, 0.3) is 0 Å². The lowest BCUT2D eigenvalue weighted by Crippen LogP contribution is -2.51. The Morgan fingerprint density at radius 2 is 2.04 bits per heavy atom. The maximum absolute atomic E-state index is 12.0. The fourth-order valence-corrected chi connectivity index (χ4v) is 2.84. The molecule has 6 heteroatoms. The maximum Gasteiger partial charge on any atom is 0.309 e. The van der Waals surface area contributed by atoms with Crippen LogP contribution in [0.3, 0.4) is 0 Å². The molecule has 0 aromatic heterocycles. The molecule has 0 amide bonds. The van der Waals surface area contributed by atoms with E-state index in [1.54, 1.807) is 20.8 Å². The van der Waals surface area contributed by atoms with Crippen molar-refractivity contribution in [2.75, 3.05) is 6.61 Å². The predicted octanol–water partition coefficient (Wildman–Crippen LogP) is 1.79. The second-order valence-electron chi connectivity index (χ2n) is 7.36. The summed E-state index contributed by atoms with van der Waals surface area (Å²) >= 11 is 0. The minimum atomic E-state index is -1.36. The number of carbonyl (C=O) groups is 1. The van der Waals surface area contributed by atoms with Gasteiger partial charge in [0.2, 0.25) is 0 Å². The summed E-state index contributed by atoms with van der Waals surface area (Å²) in [4.78, 5) is 12.0. The molecule has 1 N–H and O–H groups in total.